The number of hydrogen-bond acceptors (Lipinski definition) is 4. The molecule has 1 atom stereocenters. The first-order valence-corrected chi connectivity index (χ1v) is 4.64. The van der Waals surface area contributed by atoms with Crippen LogP contribution in [0.5, 0.6) is 0 Å². The normalized spacial score (nSPS) is 13.9. The number of aliphatic hydroxyl groups excluding tert-OH is 1. The summed E-state index contributed by atoms with van der Waals surface area (Å²) in [4.78, 5) is 11.2. The second kappa shape index (κ2) is 7.53. The van der Waals surface area contributed by atoms with Gasteiger partial charge >= 0.3 is 5.97 Å². The average molecular weight is 202 g/mol. The minimum Gasteiger partial charge on any atom is -0.463 e. The van der Waals surface area contributed by atoms with E-state index in [2.05, 4.69) is 0 Å². The predicted molar refractivity (Wildman–Crippen MR) is 52.9 cm³/mol. The molecule has 0 saturated carbocycles. The largest absolute Gasteiger partial charge is 0.463 e. The van der Waals surface area contributed by atoms with Crippen molar-refractivity contribution in [2.45, 2.75) is 26.4 Å². The zero-order chi connectivity index (χ0) is 11.0. The summed E-state index contributed by atoms with van der Waals surface area (Å²) in [6, 6.07) is 0. The monoisotopic (exact) mass is 202 g/mol. The van der Waals surface area contributed by atoms with Crippen LogP contribution in [0, 0.1) is 0 Å². The summed E-state index contributed by atoms with van der Waals surface area (Å²) < 4.78 is 9.85. The Labute approximate surface area is 84.5 Å². The van der Waals surface area contributed by atoms with Gasteiger partial charge in [0.2, 0.25) is 0 Å². The van der Waals surface area contributed by atoms with Gasteiger partial charge in [0.1, 0.15) is 0 Å². The third kappa shape index (κ3) is 4.99. The van der Waals surface area contributed by atoms with Gasteiger partial charge in [-0.3, -0.25) is 0 Å². The van der Waals surface area contributed by atoms with E-state index in [9.17, 15) is 4.79 Å². The van der Waals surface area contributed by atoms with Crippen molar-refractivity contribution < 1.29 is 19.4 Å². The molecule has 0 fully saturated rings. The molecule has 4 heteroatoms. The molecular weight excluding hydrogens is 184 g/mol. The summed E-state index contributed by atoms with van der Waals surface area (Å²) in [5, 5.41) is 8.70. The molecule has 0 spiro atoms. The summed E-state index contributed by atoms with van der Waals surface area (Å²) in [6.45, 7) is 3.82. The van der Waals surface area contributed by atoms with Gasteiger partial charge in [-0.1, -0.05) is 0 Å². The predicted octanol–water partition coefficient (Wildman–Crippen LogP) is 0.893. The van der Waals surface area contributed by atoms with Crippen molar-refractivity contribution in [2.24, 2.45) is 0 Å². The number of methoxy groups -OCH3 is 1. The molecule has 0 saturated heterocycles. The topological polar surface area (TPSA) is 55.8 Å². The summed E-state index contributed by atoms with van der Waals surface area (Å²) in [5.41, 5.74) is 0.507. The molecule has 0 heterocycles. The van der Waals surface area contributed by atoms with Gasteiger partial charge in [0.25, 0.3) is 0 Å². The van der Waals surface area contributed by atoms with Crippen LogP contribution in [0.3, 0.4) is 0 Å². The fourth-order valence-electron chi connectivity index (χ4n) is 0.988. The van der Waals surface area contributed by atoms with Crippen molar-refractivity contribution in [3.05, 3.63) is 11.6 Å². The first-order chi connectivity index (χ1) is 6.65. The molecule has 0 amide bonds. The minimum atomic E-state index is -0.340. The molecule has 0 aliphatic rings. The average Bonchev–Trinajstić information content (AvgIpc) is 2.17. The summed E-state index contributed by atoms with van der Waals surface area (Å²) >= 11 is 0. The standard InChI is InChI=1S/C10H18O4/c1-4-14-10(12)8(2)7-9(13-3)5-6-11/h7,9,11H,4-6H2,1-3H3/b8-7+/t9-/m0/s1. The second-order valence-electron chi connectivity index (χ2n) is 2.86. The van der Waals surface area contributed by atoms with Gasteiger partial charge in [-0.2, -0.15) is 0 Å². The van der Waals surface area contributed by atoms with E-state index in [1.807, 2.05) is 0 Å². The lowest BCUT2D eigenvalue weighted by Gasteiger charge is -2.10. The first kappa shape index (κ1) is 13.1. The maximum absolute atomic E-state index is 11.2. The Morgan fingerprint density at radius 3 is 2.64 bits per heavy atom. The van der Waals surface area contributed by atoms with Crippen LogP contribution in [-0.2, 0) is 14.3 Å². The molecule has 4 nitrogen and oxygen atoms in total. The van der Waals surface area contributed by atoms with Crippen LogP contribution >= 0.6 is 0 Å². The second-order valence-corrected chi connectivity index (χ2v) is 2.86. The molecule has 0 rings (SSSR count). The van der Waals surface area contributed by atoms with E-state index >= 15 is 0 Å². The van der Waals surface area contributed by atoms with Crippen molar-refractivity contribution in [2.75, 3.05) is 20.3 Å². The van der Waals surface area contributed by atoms with Gasteiger partial charge in [-0.25, -0.2) is 4.79 Å². The van der Waals surface area contributed by atoms with Crippen molar-refractivity contribution in [1.82, 2.24) is 0 Å². The molecule has 0 bridgehead atoms. The van der Waals surface area contributed by atoms with E-state index < -0.39 is 0 Å². The number of hydrogen-bond donors (Lipinski definition) is 1. The smallest absolute Gasteiger partial charge is 0.333 e. The summed E-state index contributed by atoms with van der Waals surface area (Å²) in [6.07, 6.45) is 1.91. The molecule has 1 N–H and O–H groups in total. The Kier molecular flexibility index (Phi) is 7.06. The van der Waals surface area contributed by atoms with E-state index in [1.54, 1.807) is 19.9 Å². The number of esters is 1. The Balaban J connectivity index is 4.23. The number of ether oxygens (including phenoxy) is 2. The SMILES string of the molecule is CCOC(=O)/C(C)=C/[C@H](CCO)OC. The van der Waals surface area contributed by atoms with Gasteiger partial charge in [0.15, 0.2) is 0 Å². The highest BCUT2D eigenvalue weighted by Gasteiger charge is 2.08. The molecule has 82 valence electrons. The van der Waals surface area contributed by atoms with Gasteiger partial charge in [-0.05, 0) is 19.9 Å². The lowest BCUT2D eigenvalue weighted by atomic mass is 10.2. The number of aliphatic hydroxyl groups is 1. The van der Waals surface area contributed by atoms with Crippen molar-refractivity contribution >= 4 is 5.97 Å². The van der Waals surface area contributed by atoms with E-state index in [1.165, 1.54) is 7.11 Å². The third-order valence-corrected chi connectivity index (χ3v) is 1.75. The minimum absolute atomic E-state index is 0.0328. The highest BCUT2D eigenvalue weighted by molar-refractivity contribution is 5.87. The zero-order valence-electron chi connectivity index (χ0n) is 8.95. The van der Waals surface area contributed by atoms with Crippen LogP contribution < -0.4 is 0 Å². The van der Waals surface area contributed by atoms with E-state index in [4.69, 9.17) is 14.6 Å². The molecule has 0 unspecified atom stereocenters. The Hall–Kier alpha value is -0.870. The van der Waals surface area contributed by atoms with Crippen LogP contribution in [0.25, 0.3) is 0 Å². The van der Waals surface area contributed by atoms with Crippen LogP contribution in [0.1, 0.15) is 20.3 Å². The molecule has 0 aromatic rings. The van der Waals surface area contributed by atoms with Crippen molar-refractivity contribution in [3.8, 4) is 0 Å². The third-order valence-electron chi connectivity index (χ3n) is 1.75. The van der Waals surface area contributed by atoms with Crippen molar-refractivity contribution in [1.29, 1.82) is 0 Å². The molecule has 0 aromatic carbocycles. The van der Waals surface area contributed by atoms with Crippen LogP contribution in [0.15, 0.2) is 11.6 Å². The van der Waals surface area contributed by atoms with E-state index in [-0.39, 0.29) is 18.7 Å². The van der Waals surface area contributed by atoms with E-state index in [0.29, 0.717) is 18.6 Å². The first-order valence-electron chi connectivity index (χ1n) is 4.64. The molecule has 14 heavy (non-hydrogen) atoms. The van der Waals surface area contributed by atoms with E-state index in [0.717, 1.165) is 0 Å². The summed E-state index contributed by atoms with van der Waals surface area (Å²) in [5.74, 6) is -0.340. The maximum atomic E-state index is 11.2. The summed E-state index contributed by atoms with van der Waals surface area (Å²) in [7, 11) is 1.54. The Morgan fingerprint density at radius 1 is 1.57 bits per heavy atom. The van der Waals surface area contributed by atoms with Gasteiger partial charge in [0.05, 0.1) is 12.7 Å². The van der Waals surface area contributed by atoms with Crippen LogP contribution in [0.4, 0.5) is 0 Å². The fourth-order valence-corrected chi connectivity index (χ4v) is 0.988. The fraction of sp³-hybridized carbons (Fsp3) is 0.700. The Morgan fingerprint density at radius 2 is 2.21 bits per heavy atom. The highest BCUT2D eigenvalue weighted by Crippen LogP contribution is 2.04. The highest BCUT2D eigenvalue weighted by atomic mass is 16.5. The van der Waals surface area contributed by atoms with Gasteiger partial charge in [0, 0.05) is 25.7 Å². The maximum Gasteiger partial charge on any atom is 0.333 e. The zero-order valence-corrected chi connectivity index (χ0v) is 8.95. The number of carbonyl (C=O) groups is 1. The van der Waals surface area contributed by atoms with Crippen LogP contribution in [0.2, 0.25) is 0 Å². The molecular formula is C10H18O4. The number of rotatable bonds is 6. The lowest BCUT2D eigenvalue weighted by molar-refractivity contribution is -0.138. The Bertz CT molecular complexity index is 198. The quantitative estimate of drug-likeness (QED) is 0.513. The van der Waals surface area contributed by atoms with Gasteiger partial charge < -0.3 is 14.6 Å². The molecule has 0 radical (unpaired) electrons. The lowest BCUT2D eigenvalue weighted by Crippen LogP contribution is -2.13. The molecule has 0 aliphatic heterocycles. The van der Waals surface area contributed by atoms with Crippen molar-refractivity contribution in [3.63, 3.8) is 0 Å². The van der Waals surface area contributed by atoms with Gasteiger partial charge in [-0.15, -0.1) is 0 Å². The molecule has 0 aliphatic carbocycles. The number of carbonyl (C=O) groups excluding carboxylic acids is 1. The van der Waals surface area contributed by atoms with Crippen LogP contribution in [-0.4, -0.2) is 37.5 Å². The molecule has 0 aromatic heterocycles.